The first kappa shape index (κ1) is 13.1. The zero-order valence-corrected chi connectivity index (χ0v) is 11.6. The van der Waals surface area contributed by atoms with Crippen LogP contribution in [0.2, 0.25) is 0 Å². The summed E-state index contributed by atoms with van der Waals surface area (Å²) in [5, 5.41) is 4.44. The number of aromatic nitrogens is 2. The zero-order valence-electron chi connectivity index (χ0n) is 11.6. The summed E-state index contributed by atoms with van der Waals surface area (Å²) < 4.78 is 28.3. The molecule has 0 unspecified atom stereocenters. The average Bonchev–Trinajstić information content (AvgIpc) is 2.67. The average molecular weight is 277 g/mol. The van der Waals surface area contributed by atoms with E-state index in [0.717, 1.165) is 36.6 Å². The molecule has 3 nitrogen and oxygen atoms in total. The number of nitrogens with two attached hydrogens (primary N) is 1. The molecule has 0 atom stereocenters. The minimum Gasteiger partial charge on any atom is -0.383 e. The molecule has 0 spiro atoms. The third-order valence-corrected chi connectivity index (χ3v) is 4.02. The van der Waals surface area contributed by atoms with Crippen molar-refractivity contribution in [3.05, 3.63) is 41.1 Å². The van der Waals surface area contributed by atoms with Crippen LogP contribution in [0.4, 0.5) is 14.6 Å². The van der Waals surface area contributed by atoms with E-state index in [1.807, 2.05) is 0 Å². The highest BCUT2D eigenvalue weighted by molar-refractivity contribution is 5.54. The van der Waals surface area contributed by atoms with Crippen molar-refractivity contribution in [2.24, 2.45) is 0 Å². The molecule has 0 bridgehead atoms. The van der Waals surface area contributed by atoms with E-state index in [0.29, 0.717) is 5.82 Å². The van der Waals surface area contributed by atoms with Crippen LogP contribution in [0, 0.1) is 11.6 Å². The fourth-order valence-electron chi connectivity index (χ4n) is 3.05. The smallest absolute Gasteiger partial charge is 0.151 e. The highest BCUT2D eigenvalue weighted by atomic mass is 19.1. The second-order valence-corrected chi connectivity index (χ2v) is 5.95. The van der Waals surface area contributed by atoms with Gasteiger partial charge in [-0.05, 0) is 36.8 Å². The van der Waals surface area contributed by atoms with Gasteiger partial charge in [-0.3, -0.25) is 0 Å². The maximum absolute atomic E-state index is 13.9. The molecule has 1 aliphatic rings. The molecule has 0 amide bonds. The first-order valence-corrected chi connectivity index (χ1v) is 6.73. The molecule has 0 saturated carbocycles. The summed E-state index contributed by atoms with van der Waals surface area (Å²) in [6, 6.07) is 3.43. The van der Waals surface area contributed by atoms with E-state index in [-0.39, 0.29) is 11.1 Å². The highest BCUT2D eigenvalue weighted by Crippen LogP contribution is 2.40. The van der Waals surface area contributed by atoms with Crippen LogP contribution in [0.1, 0.15) is 37.9 Å². The number of anilines is 1. The van der Waals surface area contributed by atoms with Gasteiger partial charge in [-0.15, -0.1) is 0 Å². The molecule has 1 aliphatic carbocycles. The van der Waals surface area contributed by atoms with E-state index in [9.17, 15) is 8.78 Å². The zero-order chi connectivity index (χ0) is 14.5. The highest BCUT2D eigenvalue weighted by Gasteiger charge is 2.33. The summed E-state index contributed by atoms with van der Waals surface area (Å²) in [6.45, 7) is 4.24. The molecule has 106 valence electrons. The summed E-state index contributed by atoms with van der Waals surface area (Å²) in [5.74, 6) is -0.813. The predicted octanol–water partition coefficient (Wildman–Crippen LogP) is 3.35. The normalized spacial score (nSPS) is 17.0. The Kier molecular flexibility index (Phi) is 2.81. The van der Waals surface area contributed by atoms with Gasteiger partial charge in [-0.25, -0.2) is 13.5 Å². The summed E-state index contributed by atoms with van der Waals surface area (Å²) in [4.78, 5) is 0. The van der Waals surface area contributed by atoms with Crippen LogP contribution in [0.5, 0.6) is 0 Å². The third kappa shape index (κ3) is 1.88. The van der Waals surface area contributed by atoms with Crippen LogP contribution in [-0.2, 0) is 11.8 Å². The van der Waals surface area contributed by atoms with Crippen molar-refractivity contribution in [2.75, 3.05) is 5.73 Å². The molecule has 0 fully saturated rings. The van der Waals surface area contributed by atoms with Crippen LogP contribution in [0.25, 0.3) is 5.69 Å². The standard InChI is InChI=1S/C15H17F2N3/c1-15(2)7-3-4-11-13(15)14(18)20(19-11)12-6-5-9(16)8-10(12)17/h5-6,8H,3-4,7,18H2,1-2H3. The predicted molar refractivity (Wildman–Crippen MR) is 73.9 cm³/mol. The Morgan fingerprint density at radius 3 is 2.70 bits per heavy atom. The summed E-state index contributed by atoms with van der Waals surface area (Å²) in [7, 11) is 0. The Morgan fingerprint density at radius 2 is 2.05 bits per heavy atom. The van der Waals surface area contributed by atoms with Gasteiger partial charge in [0.25, 0.3) is 0 Å². The van der Waals surface area contributed by atoms with Crippen LogP contribution >= 0.6 is 0 Å². The summed E-state index contributed by atoms with van der Waals surface area (Å²) in [5.41, 5.74) is 8.22. The van der Waals surface area contributed by atoms with E-state index in [2.05, 4.69) is 18.9 Å². The molecule has 0 saturated heterocycles. The van der Waals surface area contributed by atoms with Gasteiger partial charge in [-0.1, -0.05) is 13.8 Å². The van der Waals surface area contributed by atoms with Gasteiger partial charge in [0.1, 0.15) is 17.3 Å². The second-order valence-electron chi connectivity index (χ2n) is 5.95. The van der Waals surface area contributed by atoms with Crippen LogP contribution in [0.3, 0.4) is 0 Å². The number of nitrogen functional groups attached to an aromatic ring is 1. The van der Waals surface area contributed by atoms with Crippen molar-refractivity contribution in [1.29, 1.82) is 0 Å². The number of benzene rings is 1. The van der Waals surface area contributed by atoms with Gasteiger partial charge >= 0.3 is 0 Å². The molecule has 1 aromatic heterocycles. The number of hydrogen-bond donors (Lipinski definition) is 1. The molecular weight excluding hydrogens is 260 g/mol. The Balaban J connectivity index is 2.19. The lowest BCUT2D eigenvalue weighted by atomic mass is 9.75. The number of aryl methyl sites for hydroxylation is 1. The first-order valence-electron chi connectivity index (χ1n) is 6.73. The van der Waals surface area contributed by atoms with Crippen LogP contribution in [0.15, 0.2) is 18.2 Å². The number of nitrogens with zero attached hydrogens (tertiary/aromatic N) is 2. The molecule has 5 heteroatoms. The molecule has 0 aliphatic heterocycles. The van der Waals surface area contributed by atoms with Gasteiger partial charge in [0.2, 0.25) is 0 Å². The molecular formula is C15H17F2N3. The van der Waals surface area contributed by atoms with E-state index in [1.54, 1.807) is 0 Å². The van der Waals surface area contributed by atoms with Gasteiger partial charge in [-0.2, -0.15) is 5.10 Å². The van der Waals surface area contributed by atoms with Gasteiger partial charge < -0.3 is 5.73 Å². The van der Waals surface area contributed by atoms with Crippen molar-refractivity contribution >= 4 is 5.82 Å². The number of halogens is 2. The van der Waals surface area contributed by atoms with Crippen molar-refractivity contribution in [2.45, 2.75) is 38.5 Å². The maximum Gasteiger partial charge on any atom is 0.151 e. The van der Waals surface area contributed by atoms with E-state index in [4.69, 9.17) is 5.73 Å². The maximum atomic E-state index is 13.9. The molecule has 0 radical (unpaired) electrons. The Hall–Kier alpha value is -1.91. The van der Waals surface area contributed by atoms with Crippen molar-refractivity contribution < 1.29 is 8.78 Å². The van der Waals surface area contributed by atoms with Gasteiger partial charge in [0.05, 0.1) is 5.69 Å². The molecule has 2 aromatic rings. The molecule has 2 N–H and O–H groups in total. The number of hydrogen-bond acceptors (Lipinski definition) is 2. The van der Waals surface area contributed by atoms with Gasteiger partial charge in [0.15, 0.2) is 5.82 Å². The lowest BCUT2D eigenvalue weighted by molar-refractivity contribution is 0.432. The lowest BCUT2D eigenvalue weighted by Crippen LogP contribution is -2.24. The minimum absolute atomic E-state index is 0.0631. The Bertz CT molecular complexity index is 674. The van der Waals surface area contributed by atoms with Crippen LogP contribution in [-0.4, -0.2) is 9.78 Å². The summed E-state index contributed by atoms with van der Waals surface area (Å²) in [6.07, 6.45) is 2.92. The lowest BCUT2D eigenvalue weighted by Gasteiger charge is -2.29. The molecule has 3 rings (SSSR count). The fourth-order valence-corrected chi connectivity index (χ4v) is 3.05. The Labute approximate surface area is 116 Å². The largest absolute Gasteiger partial charge is 0.383 e. The van der Waals surface area contributed by atoms with Crippen LogP contribution < -0.4 is 5.73 Å². The SMILES string of the molecule is CC1(C)CCCc2nn(-c3ccc(F)cc3F)c(N)c21. The first-order chi connectivity index (χ1) is 9.40. The van der Waals surface area contributed by atoms with Crippen molar-refractivity contribution in [1.82, 2.24) is 9.78 Å². The summed E-state index contributed by atoms with van der Waals surface area (Å²) >= 11 is 0. The van der Waals surface area contributed by atoms with E-state index in [1.165, 1.54) is 16.8 Å². The molecule has 1 aromatic carbocycles. The monoisotopic (exact) mass is 277 g/mol. The van der Waals surface area contributed by atoms with E-state index < -0.39 is 11.6 Å². The Morgan fingerprint density at radius 1 is 1.30 bits per heavy atom. The quantitative estimate of drug-likeness (QED) is 0.868. The van der Waals surface area contributed by atoms with Crippen molar-refractivity contribution in [3.63, 3.8) is 0 Å². The fraction of sp³-hybridized carbons (Fsp3) is 0.400. The molecule has 20 heavy (non-hydrogen) atoms. The number of fused-ring (bicyclic) bond motifs is 1. The second kappa shape index (κ2) is 4.30. The topological polar surface area (TPSA) is 43.8 Å². The minimum atomic E-state index is -0.658. The van der Waals surface area contributed by atoms with E-state index >= 15 is 0 Å². The number of rotatable bonds is 1. The molecule has 1 heterocycles. The van der Waals surface area contributed by atoms with Crippen molar-refractivity contribution in [3.8, 4) is 5.69 Å². The third-order valence-electron chi connectivity index (χ3n) is 4.02. The van der Waals surface area contributed by atoms with Gasteiger partial charge in [0, 0.05) is 11.6 Å².